The molecule has 3 aromatic rings. The number of rotatable bonds is 4. The van der Waals surface area contributed by atoms with Crippen molar-refractivity contribution in [3.05, 3.63) is 70.9 Å². The van der Waals surface area contributed by atoms with Gasteiger partial charge in [-0.1, -0.05) is 24.3 Å². The summed E-state index contributed by atoms with van der Waals surface area (Å²) >= 11 is 0. The lowest BCUT2D eigenvalue weighted by molar-refractivity contribution is -0.142. The van der Waals surface area contributed by atoms with Gasteiger partial charge in [0.25, 0.3) is 0 Å². The molecular weight excluding hydrogens is 402 g/mol. The fourth-order valence-electron chi connectivity index (χ4n) is 2.82. The summed E-state index contributed by atoms with van der Waals surface area (Å²) in [5, 5.41) is 17.7. The van der Waals surface area contributed by atoms with Crippen LogP contribution >= 0.6 is 0 Å². The molecule has 0 aliphatic carbocycles. The van der Waals surface area contributed by atoms with Crippen LogP contribution in [-0.4, -0.2) is 15.3 Å². The molecule has 0 radical (unpaired) electrons. The van der Waals surface area contributed by atoms with Gasteiger partial charge in [0.15, 0.2) is 0 Å². The maximum Gasteiger partial charge on any atom is 0.417 e. The molecule has 0 fully saturated rings. The molecule has 1 aromatic heterocycles. The van der Waals surface area contributed by atoms with Crippen molar-refractivity contribution in [1.82, 2.24) is 10.2 Å². The van der Waals surface area contributed by atoms with E-state index in [4.69, 9.17) is 4.42 Å². The molecular formula is C19H14F6N2O2. The van der Waals surface area contributed by atoms with Crippen LogP contribution in [0.15, 0.2) is 46.9 Å². The van der Waals surface area contributed by atoms with Gasteiger partial charge in [-0.3, -0.25) is 0 Å². The van der Waals surface area contributed by atoms with Crippen LogP contribution in [0.3, 0.4) is 0 Å². The summed E-state index contributed by atoms with van der Waals surface area (Å²) in [6.45, 7) is 1.56. The van der Waals surface area contributed by atoms with Crippen LogP contribution in [0.2, 0.25) is 0 Å². The molecule has 0 aliphatic heterocycles. The van der Waals surface area contributed by atoms with Crippen LogP contribution in [-0.2, 0) is 18.8 Å². The van der Waals surface area contributed by atoms with E-state index in [1.54, 1.807) is 6.92 Å². The van der Waals surface area contributed by atoms with Crippen molar-refractivity contribution in [3.8, 4) is 11.1 Å². The first-order valence-electron chi connectivity index (χ1n) is 8.31. The third-order valence-corrected chi connectivity index (χ3v) is 4.17. The fourth-order valence-corrected chi connectivity index (χ4v) is 2.82. The van der Waals surface area contributed by atoms with Gasteiger partial charge in [-0.05, 0) is 34.9 Å². The second-order valence-electron chi connectivity index (χ2n) is 6.32. The van der Waals surface area contributed by atoms with Gasteiger partial charge in [0.2, 0.25) is 11.8 Å². The number of hydrogen-bond donors (Lipinski definition) is 1. The normalized spacial score (nSPS) is 13.5. The van der Waals surface area contributed by atoms with E-state index in [9.17, 15) is 31.4 Å². The highest BCUT2D eigenvalue weighted by Gasteiger charge is 2.38. The van der Waals surface area contributed by atoms with Crippen molar-refractivity contribution < 1.29 is 35.9 Å². The third kappa shape index (κ3) is 4.76. The first-order valence-corrected chi connectivity index (χ1v) is 8.31. The van der Waals surface area contributed by atoms with Gasteiger partial charge in [0, 0.05) is 6.92 Å². The smallest absolute Gasteiger partial charge is 0.417 e. The number of aliphatic hydroxyl groups is 1. The lowest BCUT2D eigenvalue weighted by atomic mass is 9.94. The molecule has 0 amide bonds. The number of alkyl halides is 6. The van der Waals surface area contributed by atoms with E-state index < -0.39 is 35.1 Å². The average Bonchev–Trinajstić information content (AvgIpc) is 3.04. The van der Waals surface area contributed by atoms with Gasteiger partial charge in [0.1, 0.15) is 0 Å². The number of halogens is 6. The number of aromatic nitrogens is 2. The second kappa shape index (κ2) is 7.51. The minimum atomic E-state index is -4.99. The van der Waals surface area contributed by atoms with Crippen molar-refractivity contribution in [2.45, 2.75) is 31.8 Å². The van der Waals surface area contributed by atoms with Gasteiger partial charge in [-0.2, -0.15) is 26.3 Å². The molecule has 154 valence electrons. The van der Waals surface area contributed by atoms with E-state index in [0.29, 0.717) is 12.0 Å². The Hall–Kier alpha value is -2.88. The SMILES string of the molecule is Cc1nnc(CC(O)c2cccc(-c3ccc(C(F)(F)F)cc3C(F)(F)F)c2)o1. The summed E-state index contributed by atoms with van der Waals surface area (Å²) in [5.74, 6) is 0.437. The highest BCUT2D eigenvalue weighted by atomic mass is 19.4. The zero-order valence-corrected chi connectivity index (χ0v) is 14.8. The largest absolute Gasteiger partial charge is 0.425 e. The Bertz CT molecular complexity index is 1010. The maximum atomic E-state index is 13.4. The van der Waals surface area contributed by atoms with Gasteiger partial charge in [-0.25, -0.2) is 0 Å². The molecule has 4 nitrogen and oxygen atoms in total. The van der Waals surface area contributed by atoms with E-state index >= 15 is 0 Å². The molecule has 10 heteroatoms. The van der Waals surface area contributed by atoms with E-state index in [0.717, 1.165) is 6.07 Å². The van der Waals surface area contributed by atoms with E-state index in [1.807, 2.05) is 0 Å². The van der Waals surface area contributed by atoms with Crippen molar-refractivity contribution in [2.24, 2.45) is 0 Å². The van der Waals surface area contributed by atoms with Crippen LogP contribution < -0.4 is 0 Å². The lowest BCUT2D eigenvalue weighted by Gasteiger charge is -2.17. The average molecular weight is 416 g/mol. The molecule has 1 heterocycles. The summed E-state index contributed by atoms with van der Waals surface area (Å²) in [6.07, 6.45) is -11.1. The third-order valence-electron chi connectivity index (χ3n) is 4.17. The summed E-state index contributed by atoms with van der Waals surface area (Å²) in [7, 11) is 0. The Morgan fingerprint density at radius 2 is 1.69 bits per heavy atom. The molecule has 0 aliphatic rings. The zero-order chi connectivity index (χ0) is 21.4. The van der Waals surface area contributed by atoms with Gasteiger partial charge in [0.05, 0.1) is 23.7 Å². The van der Waals surface area contributed by atoms with Gasteiger partial charge >= 0.3 is 12.4 Å². The molecule has 0 spiro atoms. The highest BCUT2D eigenvalue weighted by Crippen LogP contribution is 2.41. The predicted octanol–water partition coefficient (Wildman–Crippen LogP) is 5.36. The van der Waals surface area contributed by atoms with Crippen LogP contribution in [0.4, 0.5) is 26.3 Å². The van der Waals surface area contributed by atoms with Crippen molar-refractivity contribution in [3.63, 3.8) is 0 Å². The summed E-state index contributed by atoms with van der Waals surface area (Å²) < 4.78 is 83.9. The molecule has 2 aromatic carbocycles. The molecule has 1 atom stereocenters. The number of hydrogen-bond acceptors (Lipinski definition) is 4. The standard InChI is InChI=1S/C19H14F6N2O2/c1-10-26-27-17(29-10)9-16(28)12-4-2-3-11(7-12)14-6-5-13(18(20,21)22)8-15(14)19(23,24)25/h2-8,16,28H,9H2,1H3. The summed E-state index contributed by atoms with van der Waals surface area (Å²) in [5.41, 5.74) is -2.95. The zero-order valence-electron chi connectivity index (χ0n) is 14.8. The monoisotopic (exact) mass is 416 g/mol. The Labute approximate surface area is 160 Å². The molecule has 0 saturated heterocycles. The molecule has 29 heavy (non-hydrogen) atoms. The topological polar surface area (TPSA) is 59.2 Å². The Morgan fingerprint density at radius 1 is 0.966 bits per heavy atom. The van der Waals surface area contributed by atoms with Crippen LogP contribution in [0.5, 0.6) is 0 Å². The van der Waals surface area contributed by atoms with E-state index in [1.165, 1.54) is 24.3 Å². The summed E-state index contributed by atoms with van der Waals surface area (Å²) in [6, 6.07) is 6.95. The van der Waals surface area contributed by atoms with Crippen molar-refractivity contribution in [2.75, 3.05) is 0 Å². The van der Waals surface area contributed by atoms with Crippen molar-refractivity contribution >= 4 is 0 Å². The Kier molecular flexibility index (Phi) is 5.40. The van der Waals surface area contributed by atoms with E-state index in [2.05, 4.69) is 10.2 Å². The Balaban J connectivity index is 1.99. The Morgan fingerprint density at radius 3 is 2.28 bits per heavy atom. The minimum absolute atomic E-state index is 0.0179. The van der Waals surface area contributed by atoms with E-state index in [-0.39, 0.29) is 29.5 Å². The van der Waals surface area contributed by atoms with Crippen LogP contribution in [0, 0.1) is 6.92 Å². The van der Waals surface area contributed by atoms with Gasteiger partial charge < -0.3 is 9.52 Å². The molecule has 3 rings (SSSR count). The summed E-state index contributed by atoms with van der Waals surface area (Å²) in [4.78, 5) is 0. The number of benzene rings is 2. The maximum absolute atomic E-state index is 13.4. The number of nitrogens with zero attached hydrogens (tertiary/aromatic N) is 2. The van der Waals surface area contributed by atoms with Crippen molar-refractivity contribution in [1.29, 1.82) is 0 Å². The first-order chi connectivity index (χ1) is 13.4. The quantitative estimate of drug-likeness (QED) is 0.582. The minimum Gasteiger partial charge on any atom is -0.425 e. The number of aryl methyl sites for hydroxylation is 1. The van der Waals surface area contributed by atoms with Gasteiger partial charge in [-0.15, -0.1) is 10.2 Å². The predicted molar refractivity (Wildman–Crippen MR) is 89.6 cm³/mol. The first kappa shape index (κ1) is 20.8. The number of aliphatic hydroxyl groups excluding tert-OH is 1. The van der Waals surface area contributed by atoms with Crippen LogP contribution in [0.25, 0.3) is 11.1 Å². The molecule has 0 saturated carbocycles. The lowest BCUT2D eigenvalue weighted by Crippen LogP contribution is -2.12. The molecule has 0 bridgehead atoms. The molecule has 1 unspecified atom stereocenters. The van der Waals surface area contributed by atoms with Crippen LogP contribution in [0.1, 0.15) is 34.6 Å². The fraction of sp³-hybridized carbons (Fsp3) is 0.263. The highest BCUT2D eigenvalue weighted by molar-refractivity contribution is 5.69. The second-order valence-corrected chi connectivity index (χ2v) is 6.32. The molecule has 1 N–H and O–H groups in total.